The Morgan fingerprint density at radius 1 is 0.750 bits per heavy atom. The summed E-state index contributed by atoms with van der Waals surface area (Å²) >= 11 is 0. The minimum atomic E-state index is 0.741. The Hall–Kier alpha value is -2.07. The second-order valence-electron chi connectivity index (χ2n) is 5.19. The number of unbranched alkanes of at least 4 members (excludes halogenated alkanes) is 1. The second kappa shape index (κ2) is 7.50. The Labute approximate surface area is 121 Å². The van der Waals surface area contributed by atoms with Crippen LogP contribution in [0.25, 0.3) is 0 Å². The van der Waals surface area contributed by atoms with Gasteiger partial charge in [-0.25, -0.2) is 0 Å². The van der Waals surface area contributed by atoms with E-state index in [0.717, 1.165) is 24.8 Å². The van der Waals surface area contributed by atoms with Crippen LogP contribution in [0.4, 0.5) is 0 Å². The first-order valence-corrected chi connectivity index (χ1v) is 7.38. The maximum Gasteiger partial charge on any atom is 0.0991 e. The maximum atomic E-state index is 8.76. The number of hydrogen-bond acceptors (Lipinski definition) is 1. The van der Waals surface area contributed by atoms with E-state index in [1.54, 1.807) is 0 Å². The van der Waals surface area contributed by atoms with Crippen molar-refractivity contribution >= 4 is 0 Å². The monoisotopic (exact) mass is 263 g/mol. The lowest BCUT2D eigenvalue weighted by Crippen LogP contribution is -1.90. The molecule has 0 radical (unpaired) electrons. The molecule has 1 nitrogen and oxygen atoms in total. The van der Waals surface area contributed by atoms with Gasteiger partial charge < -0.3 is 0 Å². The SMILES string of the molecule is CCc1ccc(CCCCc2ccc(C#N)cc2)cc1. The van der Waals surface area contributed by atoms with Crippen molar-refractivity contribution < 1.29 is 0 Å². The van der Waals surface area contributed by atoms with Crippen LogP contribution in [0.1, 0.15) is 42.0 Å². The van der Waals surface area contributed by atoms with Crippen molar-refractivity contribution in [2.24, 2.45) is 0 Å². The van der Waals surface area contributed by atoms with Gasteiger partial charge in [-0.15, -0.1) is 0 Å². The molecule has 0 saturated heterocycles. The van der Waals surface area contributed by atoms with E-state index in [1.807, 2.05) is 12.1 Å². The number of rotatable bonds is 6. The van der Waals surface area contributed by atoms with Crippen LogP contribution < -0.4 is 0 Å². The molecule has 0 aliphatic heterocycles. The highest BCUT2D eigenvalue weighted by Crippen LogP contribution is 2.11. The van der Waals surface area contributed by atoms with Crippen molar-refractivity contribution in [3.8, 4) is 6.07 Å². The van der Waals surface area contributed by atoms with Crippen molar-refractivity contribution in [2.45, 2.75) is 39.0 Å². The zero-order chi connectivity index (χ0) is 14.2. The number of benzene rings is 2. The molecule has 2 aromatic rings. The zero-order valence-corrected chi connectivity index (χ0v) is 12.1. The first-order valence-electron chi connectivity index (χ1n) is 7.38. The molecule has 0 aromatic heterocycles. The van der Waals surface area contributed by atoms with E-state index >= 15 is 0 Å². The van der Waals surface area contributed by atoms with Crippen LogP contribution >= 0.6 is 0 Å². The van der Waals surface area contributed by atoms with Gasteiger partial charge in [-0.05, 0) is 60.9 Å². The Morgan fingerprint density at radius 2 is 1.20 bits per heavy atom. The van der Waals surface area contributed by atoms with E-state index in [1.165, 1.54) is 29.5 Å². The lowest BCUT2D eigenvalue weighted by molar-refractivity contribution is 0.734. The largest absolute Gasteiger partial charge is 0.192 e. The zero-order valence-electron chi connectivity index (χ0n) is 12.1. The third-order valence-electron chi connectivity index (χ3n) is 3.70. The predicted octanol–water partition coefficient (Wildman–Crippen LogP) is 4.69. The first-order chi connectivity index (χ1) is 9.81. The molecule has 0 aliphatic rings. The average molecular weight is 263 g/mol. The third-order valence-corrected chi connectivity index (χ3v) is 3.70. The summed E-state index contributed by atoms with van der Waals surface area (Å²) in [7, 11) is 0. The van der Waals surface area contributed by atoms with E-state index in [4.69, 9.17) is 5.26 Å². The quantitative estimate of drug-likeness (QED) is 0.694. The molecule has 0 fully saturated rings. The van der Waals surface area contributed by atoms with Gasteiger partial charge in [0.25, 0.3) is 0 Å². The van der Waals surface area contributed by atoms with Gasteiger partial charge in [-0.2, -0.15) is 5.26 Å². The summed E-state index contributed by atoms with van der Waals surface area (Å²) < 4.78 is 0. The highest BCUT2D eigenvalue weighted by Gasteiger charge is 1.97. The van der Waals surface area contributed by atoms with E-state index in [9.17, 15) is 0 Å². The fraction of sp³-hybridized carbons (Fsp3) is 0.316. The van der Waals surface area contributed by atoms with Gasteiger partial charge in [0.05, 0.1) is 11.6 Å². The van der Waals surface area contributed by atoms with Crippen LogP contribution in [-0.2, 0) is 19.3 Å². The first kappa shape index (κ1) is 14.3. The van der Waals surface area contributed by atoms with Crippen LogP contribution in [0.3, 0.4) is 0 Å². The summed E-state index contributed by atoms with van der Waals surface area (Å²) in [5.74, 6) is 0. The Bertz CT molecular complexity index is 558. The maximum absolute atomic E-state index is 8.76. The lowest BCUT2D eigenvalue weighted by atomic mass is 10.0. The van der Waals surface area contributed by atoms with E-state index < -0.39 is 0 Å². The van der Waals surface area contributed by atoms with Crippen LogP contribution in [-0.4, -0.2) is 0 Å². The number of hydrogen-bond donors (Lipinski definition) is 0. The molecule has 0 spiro atoms. The molecule has 0 N–H and O–H groups in total. The Morgan fingerprint density at radius 3 is 1.65 bits per heavy atom. The van der Waals surface area contributed by atoms with Crippen LogP contribution in [0, 0.1) is 11.3 Å². The molecule has 102 valence electrons. The summed E-state index contributed by atoms with van der Waals surface area (Å²) in [6, 6.07) is 19.0. The third kappa shape index (κ3) is 4.24. The normalized spacial score (nSPS) is 10.2. The highest BCUT2D eigenvalue weighted by atomic mass is 14.2. The molecule has 0 atom stereocenters. The molecular formula is C19H21N. The smallest absolute Gasteiger partial charge is 0.0991 e. The fourth-order valence-corrected chi connectivity index (χ4v) is 2.35. The van der Waals surface area contributed by atoms with Crippen molar-refractivity contribution in [1.82, 2.24) is 0 Å². The molecule has 0 heterocycles. The lowest BCUT2D eigenvalue weighted by Gasteiger charge is -2.04. The molecule has 2 rings (SSSR count). The van der Waals surface area contributed by atoms with Gasteiger partial charge in [-0.3, -0.25) is 0 Å². The molecule has 1 heteroatoms. The molecule has 0 amide bonds. The van der Waals surface area contributed by atoms with E-state index in [0.29, 0.717) is 0 Å². The summed E-state index contributed by atoms with van der Waals surface area (Å²) in [5.41, 5.74) is 4.91. The fourth-order valence-electron chi connectivity index (χ4n) is 2.35. The Kier molecular flexibility index (Phi) is 5.38. The van der Waals surface area contributed by atoms with Crippen molar-refractivity contribution in [1.29, 1.82) is 5.26 Å². The molecule has 0 unspecified atom stereocenters. The summed E-state index contributed by atoms with van der Waals surface area (Å²) in [6.45, 7) is 2.19. The van der Waals surface area contributed by atoms with Crippen LogP contribution in [0.2, 0.25) is 0 Å². The van der Waals surface area contributed by atoms with E-state index in [-0.39, 0.29) is 0 Å². The predicted molar refractivity (Wildman–Crippen MR) is 83.6 cm³/mol. The van der Waals surface area contributed by atoms with Gasteiger partial charge in [0, 0.05) is 0 Å². The topological polar surface area (TPSA) is 23.8 Å². The van der Waals surface area contributed by atoms with E-state index in [2.05, 4.69) is 49.4 Å². The van der Waals surface area contributed by atoms with Crippen LogP contribution in [0.5, 0.6) is 0 Å². The molecule has 0 aliphatic carbocycles. The standard InChI is InChI=1S/C19H21N/c1-2-16-7-9-17(10-8-16)5-3-4-6-18-11-13-19(15-20)14-12-18/h7-14H,2-6H2,1H3. The molecular weight excluding hydrogens is 242 g/mol. The molecule has 20 heavy (non-hydrogen) atoms. The summed E-state index contributed by atoms with van der Waals surface area (Å²) in [6.07, 6.45) is 5.77. The summed E-state index contributed by atoms with van der Waals surface area (Å²) in [4.78, 5) is 0. The van der Waals surface area contributed by atoms with Crippen molar-refractivity contribution in [3.05, 3.63) is 70.8 Å². The van der Waals surface area contributed by atoms with Crippen LogP contribution in [0.15, 0.2) is 48.5 Å². The molecule has 0 bridgehead atoms. The Balaban J connectivity index is 1.74. The second-order valence-corrected chi connectivity index (χ2v) is 5.19. The van der Waals surface area contributed by atoms with Crippen molar-refractivity contribution in [2.75, 3.05) is 0 Å². The molecule has 0 saturated carbocycles. The van der Waals surface area contributed by atoms with Gasteiger partial charge in [0.15, 0.2) is 0 Å². The number of aryl methyl sites for hydroxylation is 3. The number of nitrogens with zero attached hydrogens (tertiary/aromatic N) is 1. The van der Waals surface area contributed by atoms with Crippen molar-refractivity contribution in [3.63, 3.8) is 0 Å². The highest BCUT2D eigenvalue weighted by molar-refractivity contribution is 5.31. The summed E-state index contributed by atoms with van der Waals surface area (Å²) in [5, 5.41) is 8.76. The van der Waals surface area contributed by atoms with Gasteiger partial charge in [-0.1, -0.05) is 43.3 Å². The van der Waals surface area contributed by atoms with Gasteiger partial charge >= 0.3 is 0 Å². The van der Waals surface area contributed by atoms with Gasteiger partial charge in [0.1, 0.15) is 0 Å². The molecule has 2 aromatic carbocycles. The minimum Gasteiger partial charge on any atom is -0.192 e. The number of nitriles is 1. The average Bonchev–Trinajstić information content (AvgIpc) is 2.53. The van der Waals surface area contributed by atoms with Gasteiger partial charge in [0.2, 0.25) is 0 Å². The minimum absolute atomic E-state index is 0.741.